The molecule has 4 heteroatoms. The molecule has 2 heterocycles. The Hall–Kier alpha value is -0.315. The summed E-state index contributed by atoms with van der Waals surface area (Å²) in [6.45, 7) is 5.04. The highest BCUT2D eigenvalue weighted by Crippen LogP contribution is 2.37. The summed E-state index contributed by atoms with van der Waals surface area (Å²) in [5.41, 5.74) is -1.30. The lowest BCUT2D eigenvalue weighted by molar-refractivity contribution is 0.00578. The summed E-state index contributed by atoms with van der Waals surface area (Å²) in [5.74, 6) is 0. The first-order valence-corrected chi connectivity index (χ1v) is 5.64. The van der Waals surface area contributed by atoms with Crippen molar-refractivity contribution in [2.45, 2.75) is 45.7 Å². The molecule has 2 nitrogen and oxygen atoms in total. The van der Waals surface area contributed by atoms with Crippen molar-refractivity contribution in [2.75, 3.05) is 0 Å². The van der Waals surface area contributed by atoms with Crippen LogP contribution in [0.25, 0.3) is 0 Å². The zero-order valence-electron chi connectivity index (χ0n) is 14.3. The van der Waals surface area contributed by atoms with Gasteiger partial charge < -0.3 is 9.31 Å². The van der Waals surface area contributed by atoms with Crippen LogP contribution in [0.15, 0.2) is 11.4 Å². The highest BCUT2D eigenvalue weighted by atomic mass is 32.1. The van der Waals surface area contributed by atoms with Crippen LogP contribution in [0.1, 0.15) is 40.1 Å². The second kappa shape index (κ2) is 3.34. The smallest absolute Gasteiger partial charge is 0.399 e. The van der Waals surface area contributed by atoms with Gasteiger partial charge in [0.25, 0.3) is 0 Å². The minimum absolute atomic E-state index is 0.0826. The first-order valence-electron chi connectivity index (χ1n) is 7.33. The minimum Gasteiger partial charge on any atom is -0.399 e. The molecule has 0 saturated carbocycles. The van der Waals surface area contributed by atoms with Crippen LogP contribution in [-0.2, 0) is 9.31 Å². The van der Waals surface area contributed by atoms with Gasteiger partial charge in [-0.15, -0.1) is 0 Å². The van der Waals surface area contributed by atoms with Crippen LogP contribution in [0.5, 0.6) is 0 Å². The van der Waals surface area contributed by atoms with Gasteiger partial charge in [0, 0.05) is 8.89 Å². The van der Waals surface area contributed by atoms with Gasteiger partial charge in [0.05, 0.1) is 13.9 Å². The molecule has 1 aliphatic heterocycles. The summed E-state index contributed by atoms with van der Waals surface area (Å²) in [6, 6.07) is -0.264. The molecule has 1 fully saturated rings. The van der Waals surface area contributed by atoms with Crippen molar-refractivity contribution in [1.82, 2.24) is 0 Å². The fraction of sp³-hybridized carbons (Fsp3) is 0.636. The summed E-state index contributed by atoms with van der Waals surface area (Å²) in [7, 11) is -0.844. The van der Waals surface area contributed by atoms with Crippen LogP contribution in [0, 0.1) is 6.85 Å². The molecule has 0 unspecified atom stereocenters. The molecule has 0 N–H and O–H groups in total. The topological polar surface area (TPSA) is 18.5 Å². The molecule has 0 aromatic carbocycles. The molecule has 82 valence electrons. The highest BCUT2D eigenvalue weighted by molar-refractivity contribution is 7.21. The van der Waals surface area contributed by atoms with E-state index in [-0.39, 0.29) is 17.0 Å². The Morgan fingerprint density at radius 1 is 1.33 bits per heavy atom. The van der Waals surface area contributed by atoms with Crippen molar-refractivity contribution >= 4 is 23.2 Å². The zero-order chi connectivity index (χ0) is 15.5. The first kappa shape index (κ1) is 6.43. The van der Waals surface area contributed by atoms with Gasteiger partial charge in [-0.2, -0.15) is 11.3 Å². The molecule has 1 aliphatic rings. The van der Waals surface area contributed by atoms with Gasteiger partial charge in [-0.05, 0) is 51.5 Å². The summed E-state index contributed by atoms with van der Waals surface area (Å²) in [6.07, 6.45) is 0. The molecule has 0 radical (unpaired) electrons. The number of hydrogen-bond acceptors (Lipinski definition) is 3. The van der Waals surface area contributed by atoms with Crippen molar-refractivity contribution < 1.29 is 16.2 Å². The van der Waals surface area contributed by atoms with Crippen LogP contribution < -0.4 is 4.78 Å². The molecule has 0 bridgehead atoms. The summed E-state index contributed by atoms with van der Waals surface area (Å²) in [4.78, 5) is 0. The molecule has 1 saturated heterocycles. The third-order valence-electron chi connectivity index (χ3n) is 3.05. The van der Waals surface area contributed by atoms with Crippen LogP contribution >= 0.6 is 11.3 Å². The Labute approximate surface area is 103 Å². The van der Waals surface area contributed by atoms with E-state index in [9.17, 15) is 0 Å². The Balaban J connectivity index is 2.49. The van der Waals surface area contributed by atoms with Gasteiger partial charge in [0.15, 0.2) is 0 Å². The largest absolute Gasteiger partial charge is 0.505 e. The third kappa shape index (κ3) is 1.75. The van der Waals surface area contributed by atoms with Crippen molar-refractivity contribution in [1.29, 1.82) is 0 Å². The molecule has 0 atom stereocenters. The number of rotatable bonds is 1. The summed E-state index contributed by atoms with van der Waals surface area (Å²) >= 11 is 0.936. The lowest BCUT2D eigenvalue weighted by Crippen LogP contribution is -2.41. The molecule has 1 aromatic rings. The molecule has 2 rings (SSSR count). The highest BCUT2D eigenvalue weighted by Gasteiger charge is 2.52. The molecule has 0 spiro atoms. The second-order valence-corrected chi connectivity index (χ2v) is 5.50. The van der Waals surface area contributed by atoms with E-state index < -0.39 is 25.2 Å². The maximum Gasteiger partial charge on any atom is 0.505 e. The second-order valence-electron chi connectivity index (χ2n) is 4.66. The summed E-state index contributed by atoms with van der Waals surface area (Å²) in [5, 5.41) is -0.0826. The van der Waals surface area contributed by atoms with Crippen LogP contribution in [0.4, 0.5) is 0 Å². The fourth-order valence-electron chi connectivity index (χ4n) is 1.36. The van der Waals surface area contributed by atoms with E-state index in [1.54, 1.807) is 0 Å². The average Bonchev–Trinajstić information content (AvgIpc) is 2.62. The van der Waals surface area contributed by atoms with E-state index in [4.69, 9.17) is 16.2 Å². The lowest BCUT2D eigenvalue weighted by atomic mass is 9.85. The van der Waals surface area contributed by atoms with E-state index in [1.165, 1.54) is 0 Å². The molecule has 0 aliphatic carbocycles. The third-order valence-corrected chi connectivity index (χ3v) is 3.87. The van der Waals surface area contributed by atoms with E-state index in [0.29, 0.717) is 4.78 Å². The van der Waals surface area contributed by atoms with Crippen LogP contribution in [-0.4, -0.2) is 18.3 Å². The molecule has 0 amide bonds. The standard InChI is InChI=1S/C11H17BO2S/c1-8-6-7-15-9(8)12-13-10(2,3)11(4,5)14-12/h6-7H,1-5H3/i1D3,6D,7D. The quantitative estimate of drug-likeness (QED) is 0.688. The van der Waals surface area contributed by atoms with Crippen LogP contribution in [0.2, 0.25) is 0 Å². The van der Waals surface area contributed by atoms with Crippen LogP contribution in [0.3, 0.4) is 0 Å². The average molecular weight is 229 g/mol. The number of hydrogen-bond donors (Lipinski definition) is 0. The Morgan fingerprint density at radius 3 is 2.47 bits per heavy atom. The molecule has 15 heavy (non-hydrogen) atoms. The van der Waals surface area contributed by atoms with Gasteiger partial charge in [-0.25, -0.2) is 0 Å². The Bertz CT molecular complexity index is 522. The SMILES string of the molecule is [2H]c1sc(B2OC(C)(C)C(C)(C)O2)c(C([2H])([2H])[2H])c1[2H]. The van der Waals surface area contributed by atoms with Gasteiger partial charge in [0.1, 0.15) is 0 Å². The normalized spacial score (nSPS) is 29.1. The van der Waals surface area contributed by atoms with Crippen molar-refractivity contribution in [3.63, 3.8) is 0 Å². The molecular formula is C11H17BO2S. The van der Waals surface area contributed by atoms with E-state index in [1.807, 2.05) is 27.7 Å². The van der Waals surface area contributed by atoms with Gasteiger partial charge in [0.2, 0.25) is 0 Å². The van der Waals surface area contributed by atoms with Crippen molar-refractivity contribution in [3.8, 4) is 0 Å². The predicted molar refractivity (Wildman–Crippen MR) is 64.8 cm³/mol. The lowest BCUT2D eigenvalue weighted by Gasteiger charge is -2.32. The predicted octanol–water partition coefficient (Wildman–Crippen LogP) is 2.36. The van der Waals surface area contributed by atoms with Gasteiger partial charge in [-0.1, -0.05) is 0 Å². The monoisotopic (exact) mass is 229 g/mol. The maximum absolute atomic E-state index is 7.79. The minimum atomic E-state index is -2.45. The van der Waals surface area contributed by atoms with E-state index in [0.717, 1.165) is 11.3 Å². The fourth-order valence-corrected chi connectivity index (χ4v) is 1.97. The van der Waals surface area contributed by atoms with Crippen molar-refractivity contribution in [2.24, 2.45) is 0 Å². The molecule has 1 aromatic heterocycles. The number of thiophene rings is 1. The van der Waals surface area contributed by atoms with Gasteiger partial charge >= 0.3 is 7.12 Å². The van der Waals surface area contributed by atoms with Gasteiger partial charge in [-0.3, -0.25) is 0 Å². The first-order chi connectivity index (χ1) is 8.87. The maximum atomic E-state index is 7.79. The van der Waals surface area contributed by atoms with Crippen molar-refractivity contribution in [3.05, 3.63) is 17.0 Å². The summed E-state index contributed by atoms with van der Waals surface area (Å²) < 4.78 is 50.1. The van der Waals surface area contributed by atoms with E-state index in [2.05, 4.69) is 0 Å². The van der Waals surface area contributed by atoms with E-state index >= 15 is 0 Å². The Morgan fingerprint density at radius 2 is 1.93 bits per heavy atom. The molecular weight excluding hydrogens is 207 g/mol. The Kier molecular flexibility index (Phi) is 1.43. The zero-order valence-corrected chi connectivity index (χ0v) is 10.1.